The van der Waals surface area contributed by atoms with Gasteiger partial charge in [0, 0.05) is 12.1 Å². The Labute approximate surface area is 116 Å². The number of carbonyl (C=O) groups is 1. The molecule has 1 fully saturated rings. The van der Waals surface area contributed by atoms with Crippen LogP contribution in [0.25, 0.3) is 0 Å². The van der Waals surface area contributed by atoms with Crippen LogP contribution >= 0.6 is 11.3 Å². The van der Waals surface area contributed by atoms with E-state index in [1.807, 2.05) is 13.8 Å². The van der Waals surface area contributed by atoms with Crippen molar-refractivity contribution in [3.05, 3.63) is 17.0 Å². The van der Waals surface area contributed by atoms with Crippen LogP contribution in [0.1, 0.15) is 42.8 Å². The fourth-order valence-electron chi connectivity index (χ4n) is 2.55. The number of nitrogens with zero attached hydrogens (tertiary/aromatic N) is 1. The van der Waals surface area contributed by atoms with Gasteiger partial charge in [-0.15, -0.1) is 11.3 Å². The van der Waals surface area contributed by atoms with Crippen LogP contribution in [0, 0.1) is 0 Å². The van der Waals surface area contributed by atoms with Gasteiger partial charge in [-0.05, 0) is 38.8 Å². The third kappa shape index (κ3) is 2.68. The zero-order chi connectivity index (χ0) is 14.2. The van der Waals surface area contributed by atoms with E-state index in [1.165, 1.54) is 16.4 Å². The van der Waals surface area contributed by atoms with Gasteiger partial charge < -0.3 is 5.11 Å². The van der Waals surface area contributed by atoms with Crippen molar-refractivity contribution in [2.24, 2.45) is 0 Å². The molecule has 0 saturated carbocycles. The summed E-state index contributed by atoms with van der Waals surface area (Å²) in [6, 6.07) is 2.66. The lowest BCUT2D eigenvalue weighted by atomic mass is 10.0. The minimum atomic E-state index is -3.58. The van der Waals surface area contributed by atoms with Crippen LogP contribution in [0.5, 0.6) is 0 Å². The molecule has 1 aliphatic rings. The van der Waals surface area contributed by atoms with Crippen molar-refractivity contribution < 1.29 is 18.3 Å². The summed E-state index contributed by atoms with van der Waals surface area (Å²) in [7, 11) is -3.58. The van der Waals surface area contributed by atoms with E-state index in [2.05, 4.69) is 0 Å². The molecule has 19 heavy (non-hydrogen) atoms. The van der Waals surface area contributed by atoms with Gasteiger partial charge in [-0.1, -0.05) is 6.42 Å². The van der Waals surface area contributed by atoms with Gasteiger partial charge in [0.15, 0.2) is 0 Å². The van der Waals surface area contributed by atoms with Crippen LogP contribution < -0.4 is 0 Å². The topological polar surface area (TPSA) is 74.7 Å². The molecule has 1 aromatic rings. The normalized spacial score (nSPS) is 25.4. The summed E-state index contributed by atoms with van der Waals surface area (Å²) in [5.41, 5.74) is 0. The molecule has 1 aromatic heterocycles. The first kappa shape index (κ1) is 14.5. The number of hydrogen-bond donors (Lipinski definition) is 1. The van der Waals surface area contributed by atoms with Crippen molar-refractivity contribution in [3.63, 3.8) is 0 Å². The summed E-state index contributed by atoms with van der Waals surface area (Å²) in [5.74, 6) is -1.09. The Bertz CT molecular complexity index is 568. The summed E-state index contributed by atoms with van der Waals surface area (Å²) < 4.78 is 26.8. The number of sulfonamides is 1. The molecule has 2 unspecified atom stereocenters. The minimum Gasteiger partial charge on any atom is -0.477 e. The van der Waals surface area contributed by atoms with Crippen LogP contribution in [-0.4, -0.2) is 35.9 Å². The zero-order valence-corrected chi connectivity index (χ0v) is 12.5. The first-order valence-electron chi connectivity index (χ1n) is 6.20. The predicted octanol–water partition coefficient (Wildman–Crippen LogP) is 2.40. The Morgan fingerprint density at radius 2 is 1.89 bits per heavy atom. The number of carboxylic acids is 1. The highest BCUT2D eigenvalue weighted by molar-refractivity contribution is 7.91. The maximum Gasteiger partial charge on any atom is 0.345 e. The Balaban J connectivity index is 2.37. The predicted molar refractivity (Wildman–Crippen MR) is 73.1 cm³/mol. The maximum atomic E-state index is 12.6. The van der Waals surface area contributed by atoms with Gasteiger partial charge in [0.25, 0.3) is 10.0 Å². The highest BCUT2D eigenvalue weighted by atomic mass is 32.2. The number of rotatable bonds is 3. The van der Waals surface area contributed by atoms with Gasteiger partial charge in [-0.2, -0.15) is 4.31 Å². The largest absolute Gasteiger partial charge is 0.477 e. The molecule has 1 N–H and O–H groups in total. The molecule has 7 heteroatoms. The summed E-state index contributed by atoms with van der Waals surface area (Å²) >= 11 is 0.816. The van der Waals surface area contributed by atoms with Crippen molar-refractivity contribution in [1.29, 1.82) is 0 Å². The lowest BCUT2D eigenvalue weighted by Crippen LogP contribution is -2.47. The van der Waals surface area contributed by atoms with E-state index in [9.17, 15) is 13.2 Å². The van der Waals surface area contributed by atoms with Crippen molar-refractivity contribution in [2.75, 3.05) is 0 Å². The number of aromatic carboxylic acids is 1. The van der Waals surface area contributed by atoms with Gasteiger partial charge in [0.2, 0.25) is 0 Å². The van der Waals surface area contributed by atoms with E-state index in [0.717, 1.165) is 30.6 Å². The molecule has 0 aliphatic carbocycles. The van der Waals surface area contributed by atoms with Gasteiger partial charge >= 0.3 is 5.97 Å². The molecule has 0 radical (unpaired) electrons. The molecule has 2 heterocycles. The molecule has 1 saturated heterocycles. The first-order valence-corrected chi connectivity index (χ1v) is 8.46. The van der Waals surface area contributed by atoms with Gasteiger partial charge in [0.05, 0.1) is 0 Å². The summed E-state index contributed by atoms with van der Waals surface area (Å²) in [6.45, 7) is 3.80. The maximum absolute atomic E-state index is 12.6. The summed E-state index contributed by atoms with van der Waals surface area (Å²) in [5, 5.41) is 8.88. The SMILES string of the molecule is CC1CCCC(C)N1S(=O)(=O)c1ccc(C(=O)O)s1. The molecule has 0 amide bonds. The van der Waals surface area contributed by atoms with Crippen molar-refractivity contribution in [3.8, 4) is 0 Å². The van der Waals surface area contributed by atoms with Crippen LogP contribution in [-0.2, 0) is 10.0 Å². The molecule has 106 valence electrons. The van der Waals surface area contributed by atoms with E-state index in [0.29, 0.717) is 0 Å². The van der Waals surface area contributed by atoms with Gasteiger partial charge in [-0.3, -0.25) is 0 Å². The van der Waals surface area contributed by atoms with E-state index < -0.39 is 16.0 Å². The van der Waals surface area contributed by atoms with E-state index in [4.69, 9.17) is 5.11 Å². The smallest absolute Gasteiger partial charge is 0.345 e. The fraction of sp³-hybridized carbons (Fsp3) is 0.583. The second-order valence-electron chi connectivity index (χ2n) is 4.89. The molecule has 2 rings (SSSR count). The highest BCUT2D eigenvalue weighted by Gasteiger charge is 2.36. The lowest BCUT2D eigenvalue weighted by Gasteiger charge is -2.37. The first-order chi connectivity index (χ1) is 8.84. The molecule has 0 aromatic carbocycles. The van der Waals surface area contributed by atoms with Crippen LogP contribution in [0.3, 0.4) is 0 Å². The standard InChI is InChI=1S/C12H17NO4S2/c1-8-4-3-5-9(2)13(8)19(16,17)11-7-6-10(18-11)12(14)15/h6-9H,3-5H2,1-2H3,(H,14,15). The van der Waals surface area contributed by atoms with E-state index in [1.54, 1.807) is 0 Å². The average molecular weight is 303 g/mol. The quantitative estimate of drug-likeness (QED) is 0.930. The van der Waals surface area contributed by atoms with Crippen molar-refractivity contribution >= 4 is 27.3 Å². The van der Waals surface area contributed by atoms with Gasteiger partial charge in [0.1, 0.15) is 9.09 Å². The lowest BCUT2D eigenvalue weighted by molar-refractivity contribution is 0.0702. The van der Waals surface area contributed by atoms with Crippen molar-refractivity contribution in [1.82, 2.24) is 4.31 Å². The zero-order valence-electron chi connectivity index (χ0n) is 10.9. The second-order valence-corrected chi connectivity index (χ2v) is 8.04. The Kier molecular flexibility index (Phi) is 3.98. The molecule has 0 bridgehead atoms. The second kappa shape index (κ2) is 5.22. The van der Waals surface area contributed by atoms with Gasteiger partial charge in [-0.25, -0.2) is 13.2 Å². The van der Waals surface area contributed by atoms with Crippen LogP contribution in [0.15, 0.2) is 16.3 Å². The molecule has 5 nitrogen and oxygen atoms in total. The molecule has 1 aliphatic heterocycles. The summed E-state index contributed by atoms with van der Waals surface area (Å²) in [4.78, 5) is 10.9. The number of thiophene rings is 1. The Morgan fingerprint density at radius 3 is 2.37 bits per heavy atom. The fourth-order valence-corrected chi connectivity index (χ4v) is 5.68. The molecule has 0 spiro atoms. The highest BCUT2D eigenvalue weighted by Crippen LogP contribution is 2.32. The number of piperidine rings is 1. The summed E-state index contributed by atoms with van der Waals surface area (Å²) in [6.07, 6.45) is 2.72. The third-order valence-electron chi connectivity index (χ3n) is 3.44. The van der Waals surface area contributed by atoms with E-state index in [-0.39, 0.29) is 21.2 Å². The van der Waals surface area contributed by atoms with Crippen molar-refractivity contribution in [2.45, 2.75) is 49.4 Å². The Morgan fingerprint density at radius 1 is 1.32 bits per heavy atom. The number of carboxylic acid groups (broad SMARTS) is 1. The molecular weight excluding hydrogens is 286 g/mol. The van der Waals surface area contributed by atoms with Crippen LogP contribution in [0.2, 0.25) is 0 Å². The Hall–Kier alpha value is -0.920. The van der Waals surface area contributed by atoms with Crippen LogP contribution in [0.4, 0.5) is 0 Å². The number of hydrogen-bond acceptors (Lipinski definition) is 4. The molecule has 2 atom stereocenters. The van der Waals surface area contributed by atoms with E-state index >= 15 is 0 Å². The monoisotopic (exact) mass is 303 g/mol. The minimum absolute atomic E-state index is 0.0378. The molecular formula is C12H17NO4S2. The third-order valence-corrected chi connectivity index (χ3v) is 7.11. The average Bonchev–Trinajstić information content (AvgIpc) is 2.78.